The number of hydrogen-bond acceptors (Lipinski definition) is 5. The lowest BCUT2D eigenvalue weighted by atomic mass is 10.2. The number of halogens is 1. The SMILES string of the molecule is Nc1nc2nc(-c3cc(I)ccc3N)[nH]c2c(=O)[nH]1. The van der Waals surface area contributed by atoms with Crippen molar-refractivity contribution in [2.24, 2.45) is 0 Å². The molecule has 6 N–H and O–H groups in total. The van der Waals surface area contributed by atoms with E-state index in [-0.39, 0.29) is 22.7 Å². The largest absolute Gasteiger partial charge is 0.398 e. The molecule has 0 spiro atoms. The molecule has 96 valence electrons. The molecule has 0 amide bonds. The maximum atomic E-state index is 11.7. The van der Waals surface area contributed by atoms with Gasteiger partial charge >= 0.3 is 0 Å². The highest BCUT2D eigenvalue weighted by Crippen LogP contribution is 2.26. The molecule has 1 aromatic carbocycles. The molecule has 7 nitrogen and oxygen atoms in total. The first-order valence-corrected chi connectivity index (χ1v) is 6.43. The topological polar surface area (TPSA) is 126 Å². The van der Waals surface area contributed by atoms with E-state index in [1.807, 2.05) is 12.1 Å². The van der Waals surface area contributed by atoms with Gasteiger partial charge in [-0.2, -0.15) is 4.98 Å². The lowest BCUT2D eigenvalue weighted by molar-refractivity contribution is 1.17. The smallest absolute Gasteiger partial charge is 0.278 e. The second-order valence-electron chi connectivity index (χ2n) is 3.97. The van der Waals surface area contributed by atoms with E-state index in [0.29, 0.717) is 11.5 Å². The van der Waals surface area contributed by atoms with Gasteiger partial charge in [0.15, 0.2) is 11.2 Å². The zero-order valence-corrected chi connectivity index (χ0v) is 11.7. The average molecular weight is 368 g/mol. The van der Waals surface area contributed by atoms with E-state index in [4.69, 9.17) is 11.5 Å². The molecule has 0 aliphatic carbocycles. The van der Waals surface area contributed by atoms with Gasteiger partial charge in [0.1, 0.15) is 5.82 Å². The van der Waals surface area contributed by atoms with E-state index >= 15 is 0 Å². The van der Waals surface area contributed by atoms with Crippen molar-refractivity contribution in [3.05, 3.63) is 32.1 Å². The van der Waals surface area contributed by atoms with Crippen molar-refractivity contribution in [1.82, 2.24) is 19.9 Å². The van der Waals surface area contributed by atoms with Gasteiger partial charge in [0.25, 0.3) is 5.56 Å². The van der Waals surface area contributed by atoms with E-state index in [0.717, 1.165) is 9.13 Å². The molecule has 0 atom stereocenters. The first kappa shape index (κ1) is 12.0. The summed E-state index contributed by atoms with van der Waals surface area (Å²) in [4.78, 5) is 25.3. The third-order valence-corrected chi connectivity index (χ3v) is 3.32. The Morgan fingerprint density at radius 3 is 2.74 bits per heavy atom. The summed E-state index contributed by atoms with van der Waals surface area (Å²) in [6.07, 6.45) is 0. The minimum atomic E-state index is -0.356. The second-order valence-corrected chi connectivity index (χ2v) is 5.21. The molecule has 3 aromatic rings. The summed E-state index contributed by atoms with van der Waals surface area (Å²) >= 11 is 2.18. The Labute approximate surface area is 120 Å². The number of nitrogens with two attached hydrogens (primary N) is 2. The van der Waals surface area contributed by atoms with Crippen LogP contribution in [0, 0.1) is 3.57 Å². The molecule has 8 heteroatoms. The second kappa shape index (κ2) is 4.23. The van der Waals surface area contributed by atoms with Gasteiger partial charge in [0, 0.05) is 14.8 Å². The number of anilines is 2. The monoisotopic (exact) mass is 368 g/mol. The van der Waals surface area contributed by atoms with Crippen molar-refractivity contribution in [2.75, 3.05) is 11.5 Å². The van der Waals surface area contributed by atoms with Gasteiger partial charge in [0.2, 0.25) is 5.95 Å². The summed E-state index contributed by atoms with van der Waals surface area (Å²) in [7, 11) is 0. The number of imidazole rings is 1. The van der Waals surface area contributed by atoms with Crippen LogP contribution in [-0.4, -0.2) is 19.9 Å². The van der Waals surface area contributed by atoms with Crippen LogP contribution in [-0.2, 0) is 0 Å². The molecule has 2 heterocycles. The molecule has 0 saturated heterocycles. The molecular weight excluding hydrogens is 359 g/mol. The molecule has 3 rings (SSSR count). The number of fused-ring (bicyclic) bond motifs is 1. The van der Waals surface area contributed by atoms with Crippen molar-refractivity contribution >= 4 is 45.4 Å². The van der Waals surface area contributed by atoms with Gasteiger partial charge in [-0.25, -0.2) is 4.98 Å². The minimum absolute atomic E-state index is 0.0335. The maximum Gasteiger partial charge on any atom is 0.278 e. The standard InChI is InChI=1S/C11H9IN6O/c12-4-1-2-6(13)5(3-4)8-15-7-9(16-8)17-11(14)18-10(7)19/h1-3H,13H2,(H4,14,15,16,17,18,19). The third kappa shape index (κ3) is 2.03. The number of aromatic nitrogens is 4. The van der Waals surface area contributed by atoms with Crippen molar-refractivity contribution in [2.45, 2.75) is 0 Å². The van der Waals surface area contributed by atoms with Crippen LogP contribution in [0.25, 0.3) is 22.6 Å². The van der Waals surface area contributed by atoms with Crippen LogP contribution in [0.4, 0.5) is 11.6 Å². The number of nitrogens with zero attached hydrogens (tertiary/aromatic N) is 2. The Bertz CT molecular complexity index is 837. The van der Waals surface area contributed by atoms with Gasteiger partial charge in [0.05, 0.1) is 0 Å². The van der Waals surface area contributed by atoms with Crippen LogP contribution in [0.5, 0.6) is 0 Å². The fourth-order valence-electron chi connectivity index (χ4n) is 1.79. The number of nitrogens with one attached hydrogen (secondary N) is 2. The predicted octanol–water partition coefficient (Wildman–Crippen LogP) is 1.08. The first-order chi connectivity index (χ1) is 9.04. The number of nitrogen functional groups attached to an aromatic ring is 2. The van der Waals surface area contributed by atoms with Crippen molar-refractivity contribution < 1.29 is 0 Å². The third-order valence-electron chi connectivity index (χ3n) is 2.65. The number of hydrogen-bond donors (Lipinski definition) is 4. The average Bonchev–Trinajstić information content (AvgIpc) is 2.76. The molecular formula is C11H9IN6O. The molecule has 0 radical (unpaired) electrons. The summed E-state index contributed by atoms with van der Waals surface area (Å²) in [6.45, 7) is 0. The highest BCUT2D eigenvalue weighted by atomic mass is 127. The summed E-state index contributed by atoms with van der Waals surface area (Å²) in [5.41, 5.74) is 12.9. The molecule has 0 unspecified atom stereocenters. The van der Waals surface area contributed by atoms with E-state index in [1.54, 1.807) is 6.07 Å². The number of H-pyrrole nitrogens is 2. The predicted molar refractivity (Wildman–Crippen MR) is 81.5 cm³/mol. The molecule has 19 heavy (non-hydrogen) atoms. The maximum absolute atomic E-state index is 11.7. The van der Waals surface area contributed by atoms with E-state index in [9.17, 15) is 4.79 Å². The van der Waals surface area contributed by atoms with E-state index in [1.165, 1.54) is 0 Å². The fourth-order valence-corrected chi connectivity index (χ4v) is 2.28. The van der Waals surface area contributed by atoms with Crippen LogP contribution in [0.2, 0.25) is 0 Å². The number of aromatic amines is 2. The van der Waals surface area contributed by atoms with Crippen LogP contribution < -0.4 is 17.0 Å². The summed E-state index contributed by atoms with van der Waals surface area (Å²) in [6, 6.07) is 5.56. The van der Waals surface area contributed by atoms with Gasteiger partial charge in [-0.3, -0.25) is 9.78 Å². The molecule has 0 bridgehead atoms. The zero-order valence-electron chi connectivity index (χ0n) is 9.57. The van der Waals surface area contributed by atoms with E-state index in [2.05, 4.69) is 42.5 Å². The first-order valence-electron chi connectivity index (χ1n) is 5.35. The Balaban J connectivity index is 2.29. The Morgan fingerprint density at radius 2 is 1.95 bits per heavy atom. The van der Waals surface area contributed by atoms with Crippen LogP contribution in [0.1, 0.15) is 0 Å². The minimum Gasteiger partial charge on any atom is -0.398 e. The number of benzene rings is 1. The summed E-state index contributed by atoms with van der Waals surface area (Å²) in [5.74, 6) is 0.529. The Kier molecular flexibility index (Phi) is 2.66. The normalized spacial score (nSPS) is 11.0. The van der Waals surface area contributed by atoms with Crippen LogP contribution in [0.3, 0.4) is 0 Å². The summed E-state index contributed by atoms with van der Waals surface area (Å²) < 4.78 is 1.02. The van der Waals surface area contributed by atoms with Gasteiger partial charge in [-0.1, -0.05) is 0 Å². The van der Waals surface area contributed by atoms with Gasteiger partial charge in [-0.05, 0) is 40.8 Å². The fraction of sp³-hybridized carbons (Fsp3) is 0. The molecule has 0 saturated carbocycles. The van der Waals surface area contributed by atoms with Crippen molar-refractivity contribution in [3.8, 4) is 11.4 Å². The lowest BCUT2D eigenvalue weighted by Gasteiger charge is -2.02. The summed E-state index contributed by atoms with van der Waals surface area (Å²) in [5, 5.41) is 0. The van der Waals surface area contributed by atoms with Gasteiger partial charge in [-0.15, -0.1) is 0 Å². The molecule has 0 aliphatic rings. The highest BCUT2D eigenvalue weighted by molar-refractivity contribution is 14.1. The zero-order chi connectivity index (χ0) is 13.6. The van der Waals surface area contributed by atoms with Crippen LogP contribution in [0.15, 0.2) is 23.0 Å². The van der Waals surface area contributed by atoms with E-state index < -0.39 is 0 Å². The lowest BCUT2D eigenvalue weighted by Crippen LogP contribution is -2.10. The van der Waals surface area contributed by atoms with Crippen molar-refractivity contribution in [3.63, 3.8) is 0 Å². The highest BCUT2D eigenvalue weighted by Gasteiger charge is 2.12. The molecule has 0 aliphatic heterocycles. The molecule has 2 aromatic heterocycles. The number of rotatable bonds is 1. The molecule has 0 fully saturated rings. The Hall–Kier alpha value is -2.10. The van der Waals surface area contributed by atoms with Crippen LogP contribution >= 0.6 is 22.6 Å². The van der Waals surface area contributed by atoms with Gasteiger partial charge < -0.3 is 16.5 Å². The quantitative estimate of drug-likeness (QED) is 0.378. The van der Waals surface area contributed by atoms with Crippen molar-refractivity contribution in [1.29, 1.82) is 0 Å². The Morgan fingerprint density at radius 1 is 1.16 bits per heavy atom.